The van der Waals surface area contributed by atoms with E-state index in [1.165, 1.54) is 0 Å². The van der Waals surface area contributed by atoms with E-state index in [2.05, 4.69) is 15.1 Å². The number of aromatic nitrogens is 4. The van der Waals surface area contributed by atoms with Gasteiger partial charge in [-0.15, -0.1) is 5.10 Å². The molecule has 0 amide bonds. The van der Waals surface area contributed by atoms with Gasteiger partial charge in [-0.3, -0.25) is 0 Å². The molecule has 2 N–H and O–H groups in total. The molecule has 0 aliphatic heterocycles. The Bertz CT molecular complexity index is 723. The van der Waals surface area contributed by atoms with E-state index in [9.17, 15) is 0 Å². The van der Waals surface area contributed by atoms with Gasteiger partial charge in [0.05, 0.1) is 11.4 Å². The third-order valence-corrected chi connectivity index (χ3v) is 2.71. The number of nitrogens with two attached hydrogens (primary N) is 1. The molecule has 0 radical (unpaired) electrons. The van der Waals surface area contributed by atoms with Crippen LogP contribution in [0.5, 0.6) is 11.9 Å². The zero-order valence-corrected chi connectivity index (χ0v) is 10.9. The van der Waals surface area contributed by atoms with Crippen molar-refractivity contribution in [3.63, 3.8) is 0 Å². The first-order valence-corrected chi connectivity index (χ1v) is 6.10. The van der Waals surface area contributed by atoms with Crippen molar-refractivity contribution >= 4 is 5.69 Å². The maximum absolute atomic E-state index is 5.81. The molecule has 6 nitrogen and oxygen atoms in total. The van der Waals surface area contributed by atoms with E-state index in [1.54, 1.807) is 17.1 Å². The monoisotopic (exact) mass is 267 g/mol. The van der Waals surface area contributed by atoms with Crippen molar-refractivity contribution in [2.24, 2.45) is 0 Å². The Morgan fingerprint density at radius 2 is 1.90 bits per heavy atom. The maximum Gasteiger partial charge on any atom is 0.342 e. The van der Waals surface area contributed by atoms with Gasteiger partial charge < -0.3 is 10.5 Å². The van der Waals surface area contributed by atoms with Crippen molar-refractivity contribution in [3.05, 3.63) is 54.5 Å². The summed E-state index contributed by atoms with van der Waals surface area (Å²) in [6.45, 7) is 1.86. The average Bonchev–Trinajstić information content (AvgIpc) is 2.92. The van der Waals surface area contributed by atoms with Crippen LogP contribution in [0.4, 0.5) is 5.69 Å². The number of hydrogen-bond acceptors (Lipinski definition) is 5. The molecule has 2 aromatic heterocycles. The Labute approximate surface area is 115 Å². The van der Waals surface area contributed by atoms with Crippen LogP contribution >= 0.6 is 0 Å². The van der Waals surface area contributed by atoms with Gasteiger partial charge >= 0.3 is 6.01 Å². The van der Waals surface area contributed by atoms with E-state index in [4.69, 9.17) is 10.5 Å². The molecule has 2 heterocycles. The molecule has 0 atom stereocenters. The molecule has 0 aliphatic carbocycles. The quantitative estimate of drug-likeness (QED) is 0.788. The molecule has 0 unspecified atom stereocenters. The van der Waals surface area contributed by atoms with Gasteiger partial charge in [0.1, 0.15) is 6.33 Å². The molecule has 0 fully saturated rings. The molecule has 0 spiro atoms. The summed E-state index contributed by atoms with van der Waals surface area (Å²) in [5.41, 5.74) is 7.98. The minimum absolute atomic E-state index is 0.207. The predicted octanol–water partition coefficient (Wildman–Crippen LogP) is 2.35. The van der Waals surface area contributed by atoms with Crippen molar-refractivity contribution in [1.82, 2.24) is 19.7 Å². The van der Waals surface area contributed by atoms with Crippen molar-refractivity contribution in [3.8, 4) is 17.6 Å². The van der Waals surface area contributed by atoms with Crippen LogP contribution in [0, 0.1) is 6.92 Å². The first-order chi connectivity index (χ1) is 9.72. The normalized spacial score (nSPS) is 10.4. The van der Waals surface area contributed by atoms with E-state index in [1.807, 2.05) is 43.3 Å². The van der Waals surface area contributed by atoms with Crippen LogP contribution in [-0.2, 0) is 0 Å². The van der Waals surface area contributed by atoms with Crippen LogP contribution in [0.3, 0.4) is 0 Å². The number of aryl methyl sites for hydroxylation is 1. The third kappa shape index (κ3) is 2.44. The lowest BCUT2D eigenvalue weighted by molar-refractivity contribution is 0.426. The number of para-hydroxylation sites is 1. The van der Waals surface area contributed by atoms with Crippen molar-refractivity contribution in [2.75, 3.05) is 5.73 Å². The van der Waals surface area contributed by atoms with Gasteiger partial charge in [-0.1, -0.05) is 18.2 Å². The number of ether oxygens (including phenoxy) is 1. The number of nitrogen functional groups attached to an aromatic ring is 1. The van der Waals surface area contributed by atoms with Crippen LogP contribution in [-0.4, -0.2) is 19.7 Å². The molecule has 3 aromatic rings. The zero-order valence-electron chi connectivity index (χ0n) is 10.9. The second kappa shape index (κ2) is 5.00. The zero-order chi connectivity index (χ0) is 13.9. The van der Waals surface area contributed by atoms with E-state index < -0.39 is 0 Å². The largest absolute Gasteiger partial charge is 0.402 e. The van der Waals surface area contributed by atoms with Crippen molar-refractivity contribution < 1.29 is 4.74 Å². The molecule has 0 saturated carbocycles. The summed E-state index contributed by atoms with van der Waals surface area (Å²) in [4.78, 5) is 8.31. The number of rotatable bonds is 3. The predicted molar refractivity (Wildman–Crippen MR) is 74.8 cm³/mol. The lowest BCUT2D eigenvalue weighted by Gasteiger charge is -2.04. The molecular weight excluding hydrogens is 254 g/mol. The van der Waals surface area contributed by atoms with Gasteiger partial charge in [0.15, 0.2) is 0 Å². The van der Waals surface area contributed by atoms with E-state index in [0.717, 1.165) is 11.4 Å². The second-order valence-electron chi connectivity index (χ2n) is 4.26. The summed E-state index contributed by atoms with van der Waals surface area (Å²) in [5, 5.41) is 4.23. The minimum atomic E-state index is 0.207. The Morgan fingerprint density at radius 3 is 2.70 bits per heavy atom. The number of nitrogens with zero attached hydrogens (tertiary/aromatic N) is 4. The van der Waals surface area contributed by atoms with E-state index >= 15 is 0 Å². The average molecular weight is 267 g/mol. The van der Waals surface area contributed by atoms with E-state index in [0.29, 0.717) is 11.6 Å². The highest BCUT2D eigenvalue weighted by Gasteiger charge is 2.09. The first kappa shape index (κ1) is 12.2. The van der Waals surface area contributed by atoms with Crippen LogP contribution in [0.2, 0.25) is 0 Å². The summed E-state index contributed by atoms with van der Waals surface area (Å²) >= 11 is 0. The first-order valence-electron chi connectivity index (χ1n) is 6.10. The molecule has 3 rings (SSSR count). The number of pyridine rings is 1. The highest BCUT2D eigenvalue weighted by Crippen LogP contribution is 2.23. The van der Waals surface area contributed by atoms with Crippen molar-refractivity contribution in [1.29, 1.82) is 0 Å². The van der Waals surface area contributed by atoms with Crippen LogP contribution < -0.4 is 10.5 Å². The summed E-state index contributed by atoms with van der Waals surface area (Å²) in [7, 11) is 0. The molecule has 0 aliphatic rings. The van der Waals surface area contributed by atoms with Gasteiger partial charge in [-0.25, -0.2) is 9.67 Å². The summed E-state index contributed by atoms with van der Waals surface area (Å²) in [5.74, 6) is 0.316. The van der Waals surface area contributed by atoms with Crippen LogP contribution in [0.25, 0.3) is 5.69 Å². The lowest BCUT2D eigenvalue weighted by Crippen LogP contribution is -1.98. The third-order valence-electron chi connectivity index (χ3n) is 2.71. The molecule has 1 aromatic carbocycles. The molecule has 20 heavy (non-hydrogen) atoms. The Morgan fingerprint density at radius 1 is 1.10 bits per heavy atom. The minimum Gasteiger partial charge on any atom is -0.402 e. The molecular formula is C14H13N5O. The van der Waals surface area contributed by atoms with Gasteiger partial charge in [0.2, 0.25) is 5.88 Å². The summed E-state index contributed by atoms with van der Waals surface area (Å²) < 4.78 is 7.14. The second-order valence-corrected chi connectivity index (χ2v) is 4.26. The fourth-order valence-electron chi connectivity index (χ4n) is 1.71. The Balaban J connectivity index is 1.86. The smallest absolute Gasteiger partial charge is 0.342 e. The van der Waals surface area contributed by atoms with Crippen LogP contribution in [0.15, 0.2) is 48.8 Å². The SMILES string of the molecule is Cc1ccc(N)c(Oc2ncn(-c3ccccc3)n2)n1. The fraction of sp³-hybridized carbons (Fsp3) is 0.0714. The summed E-state index contributed by atoms with van der Waals surface area (Å²) in [6, 6.07) is 13.4. The van der Waals surface area contributed by atoms with E-state index in [-0.39, 0.29) is 6.01 Å². The van der Waals surface area contributed by atoms with Crippen molar-refractivity contribution in [2.45, 2.75) is 6.92 Å². The summed E-state index contributed by atoms with van der Waals surface area (Å²) in [6.07, 6.45) is 1.58. The molecule has 6 heteroatoms. The Kier molecular flexibility index (Phi) is 3.04. The highest BCUT2D eigenvalue weighted by atomic mass is 16.5. The standard InChI is InChI=1S/C14H13N5O/c1-10-7-8-12(15)13(17-10)20-14-16-9-19(18-14)11-5-3-2-4-6-11/h2-9H,15H2,1H3. The number of anilines is 1. The molecule has 100 valence electrons. The highest BCUT2D eigenvalue weighted by molar-refractivity contribution is 5.49. The van der Waals surface area contributed by atoms with Gasteiger partial charge in [-0.05, 0) is 31.2 Å². The number of benzene rings is 1. The lowest BCUT2D eigenvalue weighted by atomic mass is 10.3. The molecule has 0 bridgehead atoms. The van der Waals surface area contributed by atoms with Crippen LogP contribution in [0.1, 0.15) is 5.69 Å². The van der Waals surface area contributed by atoms with Gasteiger partial charge in [0.25, 0.3) is 0 Å². The van der Waals surface area contributed by atoms with Gasteiger partial charge in [0, 0.05) is 5.69 Å². The number of hydrogen-bond donors (Lipinski definition) is 1. The molecule has 0 saturated heterocycles. The van der Waals surface area contributed by atoms with Gasteiger partial charge in [-0.2, -0.15) is 4.98 Å². The topological polar surface area (TPSA) is 78.9 Å². The fourth-order valence-corrected chi connectivity index (χ4v) is 1.71. The maximum atomic E-state index is 5.81. The Hall–Kier alpha value is -2.89.